The normalized spacial score (nSPS) is 15.6. The third kappa shape index (κ3) is 7.90. The van der Waals surface area contributed by atoms with Crippen molar-refractivity contribution in [2.45, 2.75) is 37.1 Å². The molecular weight excluding hydrogens is 468 g/mol. The Morgan fingerprint density at radius 1 is 1.14 bits per heavy atom. The van der Waals surface area contributed by atoms with Crippen molar-refractivity contribution in [1.82, 2.24) is 9.21 Å². The molecule has 0 bridgehead atoms. The van der Waals surface area contributed by atoms with E-state index in [1.165, 1.54) is 0 Å². The number of carboxylic acid groups (broad SMARTS) is 1. The van der Waals surface area contributed by atoms with Crippen LogP contribution in [0.2, 0.25) is 0 Å². The molecule has 1 saturated heterocycles. The number of hydrogen-bond donors (Lipinski definition) is 1. The summed E-state index contributed by atoms with van der Waals surface area (Å²) in [6.45, 7) is 9.65. The van der Waals surface area contributed by atoms with Crippen molar-refractivity contribution in [2.75, 3.05) is 39.4 Å². The SMILES string of the molecule is C=CC[C@@H](C)N(CCN1CCOCC1)S(=O)(=O)c1ccc(Oc2ccc(CCC(=O)O)cc2)cc1. The first kappa shape index (κ1) is 26.9. The second-order valence-corrected chi connectivity index (χ2v) is 10.4. The van der Waals surface area contributed by atoms with Gasteiger partial charge < -0.3 is 14.6 Å². The lowest BCUT2D eigenvalue weighted by molar-refractivity contribution is -0.136. The Morgan fingerprint density at radius 2 is 1.74 bits per heavy atom. The van der Waals surface area contributed by atoms with Gasteiger partial charge in [0.15, 0.2) is 0 Å². The summed E-state index contributed by atoms with van der Waals surface area (Å²) in [5.74, 6) is 0.270. The molecule has 0 saturated carbocycles. The van der Waals surface area contributed by atoms with E-state index in [-0.39, 0.29) is 17.4 Å². The van der Waals surface area contributed by atoms with Gasteiger partial charge in [0.2, 0.25) is 10.0 Å². The fraction of sp³-hybridized carbons (Fsp3) is 0.423. The van der Waals surface area contributed by atoms with Gasteiger partial charge in [-0.3, -0.25) is 9.69 Å². The average molecular weight is 503 g/mol. The maximum absolute atomic E-state index is 13.5. The van der Waals surface area contributed by atoms with Crippen molar-refractivity contribution in [3.63, 3.8) is 0 Å². The minimum atomic E-state index is -3.71. The standard InChI is InChI=1S/C26H34N2O6S/c1-3-4-21(2)28(16-15-27-17-19-33-20-18-27)35(31,32)25-12-10-24(11-13-25)34-23-8-5-22(6-9-23)7-14-26(29)30/h3,5-6,8-13,21H,1,4,7,14-20H2,2H3,(H,29,30)/t21-/m1/s1. The van der Waals surface area contributed by atoms with E-state index in [1.54, 1.807) is 46.8 Å². The van der Waals surface area contributed by atoms with E-state index in [0.717, 1.165) is 18.7 Å². The fourth-order valence-corrected chi connectivity index (χ4v) is 5.56. The van der Waals surface area contributed by atoms with E-state index < -0.39 is 16.0 Å². The summed E-state index contributed by atoms with van der Waals surface area (Å²) in [6, 6.07) is 13.4. The zero-order chi connectivity index (χ0) is 25.3. The smallest absolute Gasteiger partial charge is 0.303 e. The second-order valence-electron chi connectivity index (χ2n) is 8.55. The molecule has 1 heterocycles. The maximum atomic E-state index is 13.5. The van der Waals surface area contributed by atoms with Gasteiger partial charge in [-0.25, -0.2) is 8.42 Å². The minimum Gasteiger partial charge on any atom is -0.481 e. The highest BCUT2D eigenvalue weighted by molar-refractivity contribution is 7.89. The van der Waals surface area contributed by atoms with Crippen LogP contribution in [0.3, 0.4) is 0 Å². The Hall–Kier alpha value is -2.72. The van der Waals surface area contributed by atoms with Gasteiger partial charge in [0.05, 0.1) is 18.1 Å². The average Bonchev–Trinajstić information content (AvgIpc) is 2.85. The van der Waals surface area contributed by atoms with Crippen LogP contribution in [0, 0.1) is 0 Å². The van der Waals surface area contributed by atoms with Crippen LogP contribution in [0.4, 0.5) is 0 Å². The molecule has 2 aromatic carbocycles. The van der Waals surface area contributed by atoms with Crippen LogP contribution in [0.1, 0.15) is 25.3 Å². The van der Waals surface area contributed by atoms with Crippen LogP contribution >= 0.6 is 0 Å². The summed E-state index contributed by atoms with van der Waals surface area (Å²) in [6.07, 6.45) is 2.83. The Balaban J connectivity index is 1.68. The monoisotopic (exact) mass is 502 g/mol. The summed E-state index contributed by atoms with van der Waals surface area (Å²) in [5.41, 5.74) is 0.909. The van der Waals surface area contributed by atoms with E-state index in [1.807, 2.05) is 19.1 Å². The summed E-state index contributed by atoms with van der Waals surface area (Å²) in [5, 5.41) is 8.80. The minimum absolute atomic E-state index is 0.0744. The van der Waals surface area contributed by atoms with E-state index in [2.05, 4.69) is 11.5 Å². The molecule has 1 fully saturated rings. The molecule has 1 aliphatic heterocycles. The molecule has 0 radical (unpaired) electrons. The Morgan fingerprint density at radius 3 is 2.31 bits per heavy atom. The number of carbonyl (C=O) groups is 1. The summed E-state index contributed by atoms with van der Waals surface area (Å²) in [7, 11) is -3.71. The summed E-state index contributed by atoms with van der Waals surface area (Å²) < 4.78 is 39.8. The molecular formula is C26H34N2O6S. The topological polar surface area (TPSA) is 96.4 Å². The van der Waals surface area contributed by atoms with E-state index >= 15 is 0 Å². The first-order valence-electron chi connectivity index (χ1n) is 11.8. The number of rotatable bonds is 13. The van der Waals surface area contributed by atoms with Crippen LogP contribution in [-0.4, -0.2) is 74.1 Å². The van der Waals surface area contributed by atoms with Crippen LogP contribution in [0.15, 0.2) is 66.1 Å². The molecule has 1 atom stereocenters. The number of carboxylic acids is 1. The molecule has 9 heteroatoms. The molecule has 0 unspecified atom stereocenters. The predicted molar refractivity (Wildman–Crippen MR) is 134 cm³/mol. The van der Waals surface area contributed by atoms with Gasteiger partial charge in [-0.05, 0) is 61.7 Å². The van der Waals surface area contributed by atoms with E-state index in [9.17, 15) is 13.2 Å². The Kier molecular flexibility index (Phi) is 9.85. The quantitative estimate of drug-likeness (QED) is 0.416. The van der Waals surface area contributed by atoms with Crippen molar-refractivity contribution < 1.29 is 27.8 Å². The van der Waals surface area contributed by atoms with Gasteiger partial charge in [0.1, 0.15) is 11.5 Å². The van der Waals surface area contributed by atoms with Gasteiger partial charge in [-0.1, -0.05) is 18.2 Å². The Labute approximate surface area is 207 Å². The lowest BCUT2D eigenvalue weighted by atomic mass is 10.1. The first-order valence-corrected chi connectivity index (χ1v) is 13.2. The summed E-state index contributed by atoms with van der Waals surface area (Å²) >= 11 is 0. The van der Waals surface area contributed by atoms with Crippen LogP contribution in [-0.2, 0) is 26.0 Å². The fourth-order valence-electron chi connectivity index (χ4n) is 3.93. The van der Waals surface area contributed by atoms with Gasteiger partial charge in [-0.15, -0.1) is 6.58 Å². The predicted octanol–water partition coefficient (Wildman–Crippen LogP) is 3.78. The lowest BCUT2D eigenvalue weighted by Gasteiger charge is -2.32. The third-order valence-electron chi connectivity index (χ3n) is 5.96. The van der Waals surface area contributed by atoms with Crippen LogP contribution in [0.25, 0.3) is 0 Å². The molecule has 2 aromatic rings. The number of nitrogens with zero attached hydrogens (tertiary/aromatic N) is 2. The van der Waals surface area contributed by atoms with Crippen molar-refractivity contribution in [3.05, 3.63) is 66.7 Å². The van der Waals surface area contributed by atoms with Crippen molar-refractivity contribution >= 4 is 16.0 Å². The third-order valence-corrected chi connectivity index (χ3v) is 7.98. The highest BCUT2D eigenvalue weighted by Gasteiger charge is 2.29. The largest absolute Gasteiger partial charge is 0.481 e. The van der Waals surface area contributed by atoms with E-state index in [4.69, 9.17) is 14.6 Å². The van der Waals surface area contributed by atoms with Crippen LogP contribution in [0.5, 0.6) is 11.5 Å². The number of aryl methyl sites for hydroxylation is 1. The highest BCUT2D eigenvalue weighted by Crippen LogP contribution is 2.26. The van der Waals surface area contributed by atoms with Gasteiger partial charge in [-0.2, -0.15) is 4.31 Å². The molecule has 35 heavy (non-hydrogen) atoms. The van der Waals surface area contributed by atoms with Crippen LogP contribution < -0.4 is 4.74 Å². The van der Waals surface area contributed by atoms with Crippen molar-refractivity contribution in [1.29, 1.82) is 0 Å². The number of benzene rings is 2. The summed E-state index contributed by atoms with van der Waals surface area (Å²) in [4.78, 5) is 13.2. The number of aliphatic carboxylic acids is 1. The van der Waals surface area contributed by atoms with Gasteiger partial charge in [0, 0.05) is 38.6 Å². The molecule has 1 N–H and O–H groups in total. The van der Waals surface area contributed by atoms with Crippen molar-refractivity contribution in [3.8, 4) is 11.5 Å². The van der Waals surface area contributed by atoms with Gasteiger partial charge >= 0.3 is 5.97 Å². The molecule has 0 aromatic heterocycles. The molecule has 0 aliphatic carbocycles. The van der Waals surface area contributed by atoms with Gasteiger partial charge in [0.25, 0.3) is 0 Å². The molecule has 190 valence electrons. The molecule has 1 aliphatic rings. The Bertz CT molecular complexity index is 1060. The zero-order valence-corrected chi connectivity index (χ0v) is 21.0. The van der Waals surface area contributed by atoms with E-state index in [0.29, 0.717) is 50.6 Å². The zero-order valence-electron chi connectivity index (χ0n) is 20.1. The second kappa shape index (κ2) is 12.8. The maximum Gasteiger partial charge on any atom is 0.303 e. The number of sulfonamides is 1. The molecule has 0 amide bonds. The molecule has 3 rings (SSSR count). The number of morpholine rings is 1. The highest BCUT2D eigenvalue weighted by atomic mass is 32.2. The number of hydrogen-bond acceptors (Lipinski definition) is 6. The van der Waals surface area contributed by atoms with Crippen molar-refractivity contribution in [2.24, 2.45) is 0 Å². The number of ether oxygens (including phenoxy) is 2. The lowest BCUT2D eigenvalue weighted by Crippen LogP contribution is -2.45. The molecule has 0 spiro atoms. The molecule has 8 nitrogen and oxygen atoms in total. The first-order chi connectivity index (χ1) is 16.8.